The smallest absolute Gasteiger partial charge is 0.338 e. The van der Waals surface area contributed by atoms with Gasteiger partial charge in [-0.15, -0.1) is 0 Å². The van der Waals surface area contributed by atoms with Gasteiger partial charge in [-0.3, -0.25) is 0 Å². The molecule has 0 aliphatic heterocycles. The van der Waals surface area contributed by atoms with E-state index in [0.29, 0.717) is 5.57 Å². The van der Waals surface area contributed by atoms with Gasteiger partial charge in [0.1, 0.15) is 11.6 Å². The van der Waals surface area contributed by atoms with Crippen molar-refractivity contribution in [1.82, 2.24) is 0 Å². The van der Waals surface area contributed by atoms with E-state index in [4.69, 9.17) is 4.74 Å². The Morgan fingerprint density at radius 3 is 2.50 bits per heavy atom. The standard InChI is InChI=1S/C17H21FO2/c1-11(2)17(19)20-14-8-9-15(16(18)10-14)13-6-4-12(3)5-7-13/h8-10,12-13H,1,4-7H2,2-3H3. The number of hydrogen-bond donors (Lipinski definition) is 0. The monoisotopic (exact) mass is 276 g/mol. The molecule has 0 saturated heterocycles. The molecule has 0 aromatic heterocycles. The highest BCUT2D eigenvalue weighted by Gasteiger charge is 2.22. The molecule has 1 saturated carbocycles. The number of esters is 1. The average Bonchev–Trinajstić information content (AvgIpc) is 2.40. The van der Waals surface area contributed by atoms with Gasteiger partial charge in [-0.2, -0.15) is 0 Å². The quantitative estimate of drug-likeness (QED) is 0.458. The van der Waals surface area contributed by atoms with Crippen LogP contribution < -0.4 is 4.74 Å². The van der Waals surface area contributed by atoms with E-state index in [0.717, 1.165) is 37.2 Å². The number of ether oxygens (including phenoxy) is 1. The van der Waals surface area contributed by atoms with Crippen LogP contribution in [0.15, 0.2) is 30.4 Å². The van der Waals surface area contributed by atoms with Crippen LogP contribution in [0.4, 0.5) is 4.39 Å². The van der Waals surface area contributed by atoms with E-state index in [1.165, 1.54) is 6.07 Å². The van der Waals surface area contributed by atoms with E-state index in [-0.39, 0.29) is 17.5 Å². The fourth-order valence-corrected chi connectivity index (χ4v) is 2.67. The van der Waals surface area contributed by atoms with Crippen LogP contribution in [0.25, 0.3) is 0 Å². The lowest BCUT2D eigenvalue weighted by atomic mass is 9.79. The maximum absolute atomic E-state index is 14.2. The number of benzene rings is 1. The fraction of sp³-hybridized carbons (Fsp3) is 0.471. The van der Waals surface area contributed by atoms with Gasteiger partial charge < -0.3 is 4.74 Å². The van der Waals surface area contributed by atoms with Crippen molar-refractivity contribution in [3.63, 3.8) is 0 Å². The van der Waals surface area contributed by atoms with Gasteiger partial charge in [0.05, 0.1) is 0 Å². The van der Waals surface area contributed by atoms with E-state index in [2.05, 4.69) is 13.5 Å². The SMILES string of the molecule is C=C(C)C(=O)Oc1ccc(C2CCC(C)CC2)c(F)c1. The van der Waals surface area contributed by atoms with Gasteiger partial charge in [-0.1, -0.05) is 32.4 Å². The molecular formula is C17H21FO2. The van der Waals surface area contributed by atoms with Gasteiger partial charge in [0.2, 0.25) is 0 Å². The molecule has 2 rings (SSSR count). The average molecular weight is 276 g/mol. The zero-order valence-corrected chi connectivity index (χ0v) is 12.1. The summed E-state index contributed by atoms with van der Waals surface area (Å²) in [5.41, 5.74) is 1.04. The molecule has 1 fully saturated rings. The van der Waals surface area contributed by atoms with Crippen molar-refractivity contribution in [2.24, 2.45) is 5.92 Å². The number of carbonyl (C=O) groups is 1. The molecule has 1 aliphatic carbocycles. The summed E-state index contributed by atoms with van der Waals surface area (Å²) in [5, 5.41) is 0. The lowest BCUT2D eigenvalue weighted by molar-refractivity contribution is -0.130. The first-order valence-electron chi connectivity index (χ1n) is 7.14. The van der Waals surface area contributed by atoms with Crippen LogP contribution in [0.5, 0.6) is 5.75 Å². The molecule has 1 aromatic carbocycles. The highest BCUT2D eigenvalue weighted by Crippen LogP contribution is 2.37. The molecule has 3 heteroatoms. The van der Waals surface area contributed by atoms with Crippen molar-refractivity contribution in [2.75, 3.05) is 0 Å². The van der Waals surface area contributed by atoms with Crippen LogP contribution in [-0.4, -0.2) is 5.97 Å². The van der Waals surface area contributed by atoms with Crippen LogP contribution in [-0.2, 0) is 4.79 Å². The predicted octanol–water partition coefficient (Wildman–Crippen LogP) is 4.60. The minimum atomic E-state index is -0.524. The van der Waals surface area contributed by atoms with E-state index in [1.807, 2.05) is 0 Å². The second-order valence-corrected chi connectivity index (χ2v) is 5.81. The highest BCUT2D eigenvalue weighted by molar-refractivity contribution is 5.88. The Kier molecular flexibility index (Phi) is 4.58. The molecule has 0 N–H and O–H groups in total. The maximum Gasteiger partial charge on any atom is 0.338 e. The summed E-state index contributed by atoms with van der Waals surface area (Å²) in [5.74, 6) is 0.464. The zero-order valence-electron chi connectivity index (χ0n) is 12.1. The summed E-state index contributed by atoms with van der Waals surface area (Å²) in [6.07, 6.45) is 4.36. The second-order valence-electron chi connectivity index (χ2n) is 5.81. The third-order valence-electron chi connectivity index (χ3n) is 3.99. The third-order valence-corrected chi connectivity index (χ3v) is 3.99. The van der Waals surface area contributed by atoms with Crippen LogP contribution >= 0.6 is 0 Å². The Balaban J connectivity index is 2.10. The second kappa shape index (κ2) is 6.21. The molecule has 1 aliphatic rings. The molecule has 0 spiro atoms. The molecule has 0 amide bonds. The molecule has 20 heavy (non-hydrogen) atoms. The number of carbonyl (C=O) groups excluding carboxylic acids is 1. The van der Waals surface area contributed by atoms with Gasteiger partial charge in [-0.05, 0) is 43.2 Å². The Bertz CT molecular complexity index is 514. The van der Waals surface area contributed by atoms with Crippen LogP contribution in [0.1, 0.15) is 51.0 Å². The Labute approximate surface area is 119 Å². The van der Waals surface area contributed by atoms with Gasteiger partial charge in [0.15, 0.2) is 0 Å². The molecule has 2 nitrogen and oxygen atoms in total. The Morgan fingerprint density at radius 2 is 1.95 bits per heavy atom. The number of rotatable bonds is 3. The van der Waals surface area contributed by atoms with E-state index >= 15 is 0 Å². The minimum Gasteiger partial charge on any atom is -0.423 e. The van der Waals surface area contributed by atoms with Gasteiger partial charge in [0, 0.05) is 11.6 Å². The van der Waals surface area contributed by atoms with Crippen molar-refractivity contribution >= 4 is 5.97 Å². The lowest BCUT2D eigenvalue weighted by Crippen LogP contribution is -2.13. The largest absolute Gasteiger partial charge is 0.423 e. The first kappa shape index (κ1) is 14.8. The molecule has 0 bridgehead atoms. The molecule has 0 radical (unpaired) electrons. The first-order valence-corrected chi connectivity index (χ1v) is 7.14. The van der Waals surface area contributed by atoms with E-state index in [1.54, 1.807) is 19.1 Å². The third kappa shape index (κ3) is 3.47. The predicted molar refractivity (Wildman–Crippen MR) is 77.2 cm³/mol. The topological polar surface area (TPSA) is 26.3 Å². The van der Waals surface area contributed by atoms with Crippen molar-refractivity contribution in [2.45, 2.75) is 45.4 Å². The summed E-state index contributed by atoms with van der Waals surface area (Å²) in [7, 11) is 0. The Morgan fingerprint density at radius 1 is 1.30 bits per heavy atom. The summed E-state index contributed by atoms with van der Waals surface area (Å²) < 4.78 is 19.2. The molecule has 108 valence electrons. The summed E-state index contributed by atoms with van der Waals surface area (Å²) >= 11 is 0. The molecule has 0 atom stereocenters. The first-order chi connectivity index (χ1) is 9.47. The maximum atomic E-state index is 14.2. The molecular weight excluding hydrogens is 255 g/mol. The van der Waals surface area contributed by atoms with Crippen molar-refractivity contribution < 1.29 is 13.9 Å². The minimum absolute atomic E-state index is 0.239. The van der Waals surface area contributed by atoms with Crippen LogP contribution in [0, 0.1) is 11.7 Å². The van der Waals surface area contributed by atoms with Gasteiger partial charge >= 0.3 is 5.97 Å². The van der Waals surface area contributed by atoms with Crippen molar-refractivity contribution in [3.8, 4) is 5.75 Å². The van der Waals surface area contributed by atoms with E-state index < -0.39 is 5.97 Å². The summed E-state index contributed by atoms with van der Waals surface area (Å²) in [4.78, 5) is 11.4. The summed E-state index contributed by atoms with van der Waals surface area (Å²) in [6, 6.07) is 4.71. The molecule has 0 unspecified atom stereocenters. The van der Waals surface area contributed by atoms with Crippen LogP contribution in [0.3, 0.4) is 0 Å². The van der Waals surface area contributed by atoms with Crippen LogP contribution in [0.2, 0.25) is 0 Å². The normalized spacial score (nSPS) is 22.4. The van der Waals surface area contributed by atoms with Crippen molar-refractivity contribution in [3.05, 3.63) is 41.7 Å². The molecule has 1 aromatic rings. The zero-order chi connectivity index (χ0) is 14.7. The molecule has 0 heterocycles. The Hall–Kier alpha value is -1.64. The lowest BCUT2D eigenvalue weighted by Gasteiger charge is -2.26. The number of halogens is 1. The summed E-state index contributed by atoms with van der Waals surface area (Å²) in [6.45, 7) is 7.31. The van der Waals surface area contributed by atoms with Crippen molar-refractivity contribution in [1.29, 1.82) is 0 Å². The van der Waals surface area contributed by atoms with Gasteiger partial charge in [-0.25, -0.2) is 9.18 Å². The van der Waals surface area contributed by atoms with Gasteiger partial charge in [0.25, 0.3) is 0 Å². The highest BCUT2D eigenvalue weighted by atomic mass is 19.1. The van der Waals surface area contributed by atoms with E-state index in [9.17, 15) is 9.18 Å². The fourth-order valence-electron chi connectivity index (χ4n) is 2.67. The number of hydrogen-bond acceptors (Lipinski definition) is 2.